The zero-order chi connectivity index (χ0) is 13.3. The Morgan fingerprint density at radius 1 is 1.24 bits per heavy atom. The van der Waals surface area contributed by atoms with Crippen LogP contribution in [0.15, 0.2) is 12.2 Å². The fraction of sp³-hybridized carbons (Fsp3) is 0.692. The Kier molecular flexibility index (Phi) is 7.26. The summed E-state index contributed by atoms with van der Waals surface area (Å²) >= 11 is 0. The topological polar surface area (TPSA) is 52.6 Å². The van der Waals surface area contributed by atoms with Crippen molar-refractivity contribution in [1.82, 2.24) is 0 Å². The maximum Gasteiger partial charge on any atom is 0.330 e. The molecule has 0 bridgehead atoms. The molecule has 0 spiro atoms. The molecule has 0 aromatic rings. The van der Waals surface area contributed by atoms with Crippen molar-refractivity contribution in [2.75, 3.05) is 13.2 Å². The van der Waals surface area contributed by atoms with E-state index in [1.165, 1.54) is 13.0 Å². The Morgan fingerprint density at radius 3 is 2.41 bits per heavy atom. The van der Waals surface area contributed by atoms with Gasteiger partial charge in [-0.2, -0.15) is 0 Å². The Balaban J connectivity index is 3.85. The quantitative estimate of drug-likeness (QED) is 0.508. The molecule has 0 unspecified atom stereocenters. The Hall–Kier alpha value is -1.32. The second-order valence-corrected chi connectivity index (χ2v) is 4.64. The number of rotatable bonds is 7. The highest BCUT2D eigenvalue weighted by atomic mass is 16.5. The molecule has 0 atom stereocenters. The Bertz CT molecular complexity index is 279. The van der Waals surface area contributed by atoms with Crippen molar-refractivity contribution in [1.29, 1.82) is 0 Å². The fourth-order valence-electron chi connectivity index (χ4n) is 1.21. The number of esters is 2. The minimum atomic E-state index is -0.315. The summed E-state index contributed by atoms with van der Waals surface area (Å²) in [5.74, 6) is -0.578. The summed E-state index contributed by atoms with van der Waals surface area (Å²) in [6.07, 6.45) is 4.82. The van der Waals surface area contributed by atoms with Gasteiger partial charge in [0.25, 0.3) is 0 Å². The van der Waals surface area contributed by atoms with Crippen molar-refractivity contribution in [3.63, 3.8) is 0 Å². The van der Waals surface area contributed by atoms with Gasteiger partial charge in [0.2, 0.25) is 0 Å². The van der Waals surface area contributed by atoms with Crippen molar-refractivity contribution >= 4 is 11.9 Å². The third kappa shape index (κ3) is 9.60. The van der Waals surface area contributed by atoms with Gasteiger partial charge in [-0.15, -0.1) is 0 Å². The van der Waals surface area contributed by atoms with E-state index in [1.54, 1.807) is 13.0 Å². The molecule has 4 nitrogen and oxygen atoms in total. The average molecular weight is 242 g/mol. The Labute approximate surface area is 103 Å². The molecular formula is C13H22O4. The van der Waals surface area contributed by atoms with Gasteiger partial charge in [0.05, 0.1) is 13.2 Å². The number of allylic oxidation sites excluding steroid dienone is 1. The molecular weight excluding hydrogens is 220 g/mol. The SMILES string of the molecule is CCOC(=O)/C=C/CCC(C)(C)COC(C)=O. The van der Waals surface area contributed by atoms with Gasteiger partial charge in [-0.05, 0) is 25.2 Å². The monoisotopic (exact) mass is 242 g/mol. The molecule has 98 valence electrons. The lowest BCUT2D eigenvalue weighted by molar-refractivity contribution is -0.144. The van der Waals surface area contributed by atoms with E-state index in [4.69, 9.17) is 9.47 Å². The van der Waals surface area contributed by atoms with Gasteiger partial charge >= 0.3 is 11.9 Å². The summed E-state index contributed by atoms with van der Waals surface area (Å²) < 4.78 is 9.73. The first-order valence-electron chi connectivity index (χ1n) is 5.84. The van der Waals surface area contributed by atoms with E-state index < -0.39 is 0 Å². The van der Waals surface area contributed by atoms with E-state index in [2.05, 4.69) is 0 Å². The molecule has 0 aromatic carbocycles. The van der Waals surface area contributed by atoms with Gasteiger partial charge in [0.1, 0.15) is 0 Å². The molecule has 0 radical (unpaired) electrons. The summed E-state index contributed by atoms with van der Waals surface area (Å²) in [6.45, 7) is 8.00. The minimum absolute atomic E-state index is 0.0787. The standard InChI is InChI=1S/C13H22O4/c1-5-16-12(15)8-6-7-9-13(3,4)10-17-11(2)14/h6,8H,5,7,9-10H2,1-4H3/b8-6+. The summed E-state index contributed by atoms with van der Waals surface area (Å²) in [4.78, 5) is 21.7. The Morgan fingerprint density at radius 2 is 1.88 bits per heavy atom. The number of hydrogen-bond donors (Lipinski definition) is 0. The number of carbonyl (C=O) groups is 2. The van der Waals surface area contributed by atoms with Crippen molar-refractivity contribution < 1.29 is 19.1 Å². The molecule has 0 aromatic heterocycles. The van der Waals surface area contributed by atoms with Crippen LogP contribution in [-0.4, -0.2) is 25.2 Å². The highest BCUT2D eigenvalue weighted by Crippen LogP contribution is 2.22. The van der Waals surface area contributed by atoms with Crippen LogP contribution >= 0.6 is 0 Å². The van der Waals surface area contributed by atoms with Crippen LogP contribution < -0.4 is 0 Å². The predicted molar refractivity (Wildman–Crippen MR) is 65.4 cm³/mol. The summed E-state index contributed by atoms with van der Waals surface area (Å²) in [5, 5.41) is 0. The number of ether oxygens (including phenoxy) is 2. The molecule has 0 aliphatic carbocycles. The van der Waals surface area contributed by atoms with Gasteiger partial charge in [0, 0.05) is 13.0 Å². The van der Waals surface area contributed by atoms with Crippen molar-refractivity contribution in [2.45, 2.75) is 40.5 Å². The minimum Gasteiger partial charge on any atom is -0.465 e. The van der Waals surface area contributed by atoms with Crippen LogP contribution in [0.5, 0.6) is 0 Å². The molecule has 0 fully saturated rings. The van der Waals surface area contributed by atoms with Crippen LogP contribution in [0.2, 0.25) is 0 Å². The molecule has 4 heteroatoms. The second-order valence-electron chi connectivity index (χ2n) is 4.64. The zero-order valence-corrected chi connectivity index (χ0v) is 11.1. The molecule has 0 aliphatic rings. The average Bonchev–Trinajstić information content (AvgIpc) is 2.22. The smallest absolute Gasteiger partial charge is 0.330 e. The van der Waals surface area contributed by atoms with E-state index >= 15 is 0 Å². The van der Waals surface area contributed by atoms with Crippen molar-refractivity contribution in [3.8, 4) is 0 Å². The first-order valence-corrected chi connectivity index (χ1v) is 5.84. The molecule has 0 heterocycles. The molecule has 0 N–H and O–H groups in total. The number of hydrogen-bond acceptors (Lipinski definition) is 4. The summed E-state index contributed by atoms with van der Waals surface area (Å²) in [7, 11) is 0. The maximum atomic E-state index is 11.0. The first-order chi connectivity index (χ1) is 7.87. The van der Waals surface area contributed by atoms with Crippen LogP contribution in [0, 0.1) is 5.41 Å². The largest absolute Gasteiger partial charge is 0.465 e. The predicted octanol–water partition coefficient (Wildman–Crippen LogP) is 2.48. The number of carbonyl (C=O) groups excluding carboxylic acids is 2. The van der Waals surface area contributed by atoms with Gasteiger partial charge in [0.15, 0.2) is 0 Å². The van der Waals surface area contributed by atoms with E-state index in [-0.39, 0.29) is 17.4 Å². The maximum absolute atomic E-state index is 11.0. The van der Waals surface area contributed by atoms with Gasteiger partial charge in [-0.25, -0.2) is 4.79 Å². The second kappa shape index (κ2) is 7.87. The van der Waals surface area contributed by atoms with E-state index in [9.17, 15) is 9.59 Å². The zero-order valence-electron chi connectivity index (χ0n) is 11.1. The first kappa shape index (κ1) is 15.7. The van der Waals surface area contributed by atoms with Gasteiger partial charge in [-0.1, -0.05) is 19.9 Å². The van der Waals surface area contributed by atoms with E-state index in [1.807, 2.05) is 13.8 Å². The van der Waals surface area contributed by atoms with Gasteiger partial charge < -0.3 is 9.47 Å². The normalized spacial score (nSPS) is 11.5. The van der Waals surface area contributed by atoms with Crippen LogP contribution in [0.1, 0.15) is 40.5 Å². The lowest BCUT2D eigenvalue weighted by Crippen LogP contribution is -2.20. The van der Waals surface area contributed by atoms with Crippen LogP contribution in [-0.2, 0) is 19.1 Å². The summed E-state index contributed by atoms with van der Waals surface area (Å²) in [6, 6.07) is 0. The molecule has 0 aliphatic heterocycles. The van der Waals surface area contributed by atoms with Crippen molar-refractivity contribution in [3.05, 3.63) is 12.2 Å². The third-order valence-electron chi connectivity index (χ3n) is 2.19. The van der Waals surface area contributed by atoms with Crippen LogP contribution in [0.4, 0.5) is 0 Å². The van der Waals surface area contributed by atoms with Crippen molar-refractivity contribution in [2.24, 2.45) is 5.41 Å². The molecule has 0 amide bonds. The van der Waals surface area contributed by atoms with Gasteiger partial charge in [-0.3, -0.25) is 4.79 Å². The summed E-state index contributed by atoms with van der Waals surface area (Å²) in [5.41, 5.74) is -0.0787. The molecule has 0 saturated carbocycles. The van der Waals surface area contributed by atoms with Crippen LogP contribution in [0.25, 0.3) is 0 Å². The van der Waals surface area contributed by atoms with E-state index in [0.717, 1.165) is 12.8 Å². The molecule has 0 saturated heterocycles. The lowest BCUT2D eigenvalue weighted by Gasteiger charge is -2.22. The third-order valence-corrected chi connectivity index (χ3v) is 2.19. The molecule has 0 rings (SSSR count). The van der Waals surface area contributed by atoms with Crippen LogP contribution in [0.3, 0.4) is 0 Å². The molecule has 17 heavy (non-hydrogen) atoms. The lowest BCUT2D eigenvalue weighted by atomic mass is 9.89. The highest BCUT2D eigenvalue weighted by Gasteiger charge is 2.18. The fourth-order valence-corrected chi connectivity index (χ4v) is 1.21. The highest BCUT2D eigenvalue weighted by molar-refractivity contribution is 5.81. The van der Waals surface area contributed by atoms with E-state index in [0.29, 0.717) is 13.2 Å².